The van der Waals surface area contributed by atoms with E-state index in [1.807, 2.05) is 13.0 Å². The van der Waals surface area contributed by atoms with Crippen LogP contribution in [0.1, 0.15) is 36.6 Å². The summed E-state index contributed by atoms with van der Waals surface area (Å²) in [6, 6.07) is 17.7. The smallest absolute Gasteiger partial charge is 0.255 e. The van der Waals surface area contributed by atoms with Crippen molar-refractivity contribution >= 4 is 35.0 Å². The highest BCUT2D eigenvalue weighted by molar-refractivity contribution is 6.33. The lowest BCUT2D eigenvalue weighted by atomic mass is 10.1. The first-order valence-corrected chi connectivity index (χ1v) is 11.2. The van der Waals surface area contributed by atoms with Gasteiger partial charge in [-0.05, 0) is 55.0 Å². The first-order valence-electron chi connectivity index (χ1n) is 10.8. The average molecular weight is 480 g/mol. The molecule has 1 fully saturated rings. The van der Waals surface area contributed by atoms with Crippen molar-refractivity contribution in [3.63, 3.8) is 0 Å². The minimum atomic E-state index is -0.505. The van der Waals surface area contributed by atoms with Gasteiger partial charge in [-0.3, -0.25) is 14.4 Å². The molecule has 0 unspecified atom stereocenters. The second-order valence-electron chi connectivity index (χ2n) is 8.06. The van der Waals surface area contributed by atoms with Crippen molar-refractivity contribution in [2.75, 3.05) is 31.5 Å². The fourth-order valence-electron chi connectivity index (χ4n) is 3.80. The number of carbonyl (C=O) groups excluding carboxylic acids is 3. The molecule has 0 bridgehead atoms. The summed E-state index contributed by atoms with van der Waals surface area (Å²) in [5.74, 6) is -1.23. The molecule has 6 nitrogen and oxygen atoms in total. The van der Waals surface area contributed by atoms with Crippen LogP contribution in [0.4, 0.5) is 10.1 Å². The van der Waals surface area contributed by atoms with Crippen molar-refractivity contribution in [3.05, 3.63) is 99.8 Å². The summed E-state index contributed by atoms with van der Waals surface area (Å²) in [5.41, 5.74) is 2.63. The molecule has 0 spiro atoms. The molecule has 0 atom stereocenters. The van der Waals surface area contributed by atoms with Crippen molar-refractivity contribution in [1.29, 1.82) is 0 Å². The van der Waals surface area contributed by atoms with E-state index >= 15 is 0 Å². The number of amides is 3. The largest absolute Gasteiger partial charge is 0.335 e. The van der Waals surface area contributed by atoms with Crippen LogP contribution >= 0.6 is 11.6 Å². The predicted molar refractivity (Wildman–Crippen MR) is 129 cm³/mol. The SMILES string of the molecule is Cc1ccc(C(=O)N2CCN(C(=O)c3ccc(F)cc3Cl)CC2)cc1NC(=O)c1ccccc1. The van der Waals surface area contributed by atoms with Gasteiger partial charge in [0.1, 0.15) is 5.82 Å². The average Bonchev–Trinajstić information content (AvgIpc) is 2.85. The molecule has 1 saturated heterocycles. The van der Waals surface area contributed by atoms with Gasteiger partial charge in [-0.1, -0.05) is 35.9 Å². The number of hydrogen-bond acceptors (Lipinski definition) is 3. The Morgan fingerprint density at radius 1 is 0.824 bits per heavy atom. The van der Waals surface area contributed by atoms with Crippen LogP contribution in [0.5, 0.6) is 0 Å². The molecule has 1 heterocycles. The molecule has 1 N–H and O–H groups in total. The van der Waals surface area contributed by atoms with Gasteiger partial charge in [0.2, 0.25) is 0 Å². The lowest BCUT2D eigenvalue weighted by Gasteiger charge is -2.35. The van der Waals surface area contributed by atoms with Crippen LogP contribution in [0.15, 0.2) is 66.7 Å². The maximum absolute atomic E-state index is 13.3. The molecule has 3 amide bonds. The second-order valence-corrected chi connectivity index (χ2v) is 8.47. The van der Waals surface area contributed by atoms with Crippen molar-refractivity contribution in [1.82, 2.24) is 9.80 Å². The van der Waals surface area contributed by atoms with Gasteiger partial charge < -0.3 is 15.1 Å². The molecule has 1 aliphatic rings. The van der Waals surface area contributed by atoms with Gasteiger partial charge in [0.25, 0.3) is 17.7 Å². The second kappa shape index (κ2) is 10.1. The highest BCUT2D eigenvalue weighted by Gasteiger charge is 2.27. The van der Waals surface area contributed by atoms with E-state index in [1.165, 1.54) is 12.1 Å². The zero-order valence-electron chi connectivity index (χ0n) is 18.6. The first-order chi connectivity index (χ1) is 16.3. The summed E-state index contributed by atoms with van der Waals surface area (Å²) < 4.78 is 13.3. The lowest BCUT2D eigenvalue weighted by Crippen LogP contribution is -2.50. The van der Waals surface area contributed by atoms with E-state index in [2.05, 4.69) is 5.32 Å². The molecule has 0 aromatic heterocycles. The number of hydrogen-bond donors (Lipinski definition) is 1. The molecule has 4 rings (SSSR count). The summed E-state index contributed by atoms with van der Waals surface area (Å²) in [5, 5.41) is 2.94. The monoisotopic (exact) mass is 479 g/mol. The van der Waals surface area contributed by atoms with Crippen molar-refractivity contribution in [2.24, 2.45) is 0 Å². The van der Waals surface area contributed by atoms with Gasteiger partial charge in [-0.15, -0.1) is 0 Å². The predicted octanol–water partition coefficient (Wildman–Crippen LogP) is 4.64. The molecular formula is C26H23ClFN3O3. The highest BCUT2D eigenvalue weighted by Crippen LogP contribution is 2.22. The van der Waals surface area contributed by atoms with Crippen molar-refractivity contribution in [3.8, 4) is 0 Å². The Hall–Kier alpha value is -3.71. The van der Waals surface area contributed by atoms with Crippen LogP contribution in [-0.4, -0.2) is 53.7 Å². The fourth-order valence-corrected chi connectivity index (χ4v) is 4.05. The minimum absolute atomic E-state index is 0.0632. The van der Waals surface area contributed by atoms with E-state index in [-0.39, 0.29) is 28.3 Å². The first kappa shape index (κ1) is 23.4. The lowest BCUT2D eigenvalue weighted by molar-refractivity contribution is 0.0535. The number of benzene rings is 3. The quantitative estimate of drug-likeness (QED) is 0.592. The fraction of sp³-hybridized carbons (Fsp3) is 0.192. The Bertz CT molecular complexity index is 1240. The molecule has 3 aromatic rings. The van der Waals surface area contributed by atoms with Gasteiger partial charge in [-0.25, -0.2) is 4.39 Å². The van der Waals surface area contributed by atoms with E-state index in [4.69, 9.17) is 11.6 Å². The zero-order chi connectivity index (χ0) is 24.2. The molecule has 0 radical (unpaired) electrons. The Morgan fingerprint density at radius 2 is 1.47 bits per heavy atom. The van der Waals surface area contributed by atoms with Gasteiger partial charge in [-0.2, -0.15) is 0 Å². The van der Waals surface area contributed by atoms with Crippen LogP contribution < -0.4 is 5.32 Å². The Balaban J connectivity index is 1.41. The third kappa shape index (κ3) is 5.10. The summed E-state index contributed by atoms with van der Waals surface area (Å²) in [6.45, 7) is 3.23. The van der Waals surface area contributed by atoms with Crippen LogP contribution in [-0.2, 0) is 0 Å². The summed E-state index contributed by atoms with van der Waals surface area (Å²) in [6.07, 6.45) is 0. The van der Waals surface area contributed by atoms with Gasteiger partial charge in [0, 0.05) is 43.0 Å². The third-order valence-electron chi connectivity index (χ3n) is 5.78. The molecule has 34 heavy (non-hydrogen) atoms. The zero-order valence-corrected chi connectivity index (χ0v) is 19.3. The Morgan fingerprint density at radius 3 is 2.12 bits per heavy atom. The number of piperazine rings is 1. The number of nitrogens with zero attached hydrogens (tertiary/aromatic N) is 2. The molecule has 174 valence electrons. The van der Waals surface area contributed by atoms with E-state index in [0.717, 1.165) is 11.6 Å². The van der Waals surface area contributed by atoms with Crippen LogP contribution in [0.2, 0.25) is 5.02 Å². The normalized spacial score (nSPS) is 13.5. The molecular weight excluding hydrogens is 457 g/mol. The maximum Gasteiger partial charge on any atom is 0.255 e. The highest BCUT2D eigenvalue weighted by atomic mass is 35.5. The van der Waals surface area contributed by atoms with Gasteiger partial charge in [0.05, 0.1) is 10.6 Å². The van der Waals surface area contributed by atoms with Crippen molar-refractivity contribution < 1.29 is 18.8 Å². The standard InChI is InChI=1S/C26H23ClFN3O3/c1-17-7-8-19(15-23(17)29-24(32)18-5-3-2-4-6-18)25(33)30-11-13-31(14-12-30)26(34)21-10-9-20(28)16-22(21)27/h2-10,15-16H,11-14H2,1H3,(H,29,32). The van der Waals surface area contributed by atoms with Crippen LogP contribution in [0, 0.1) is 12.7 Å². The van der Waals surface area contributed by atoms with E-state index in [1.54, 1.807) is 52.3 Å². The summed E-state index contributed by atoms with van der Waals surface area (Å²) >= 11 is 6.02. The van der Waals surface area contributed by atoms with E-state index in [0.29, 0.717) is 43.0 Å². The van der Waals surface area contributed by atoms with E-state index < -0.39 is 5.82 Å². The number of nitrogens with one attached hydrogen (secondary N) is 1. The molecule has 0 saturated carbocycles. The van der Waals surface area contributed by atoms with Crippen LogP contribution in [0.3, 0.4) is 0 Å². The number of rotatable bonds is 4. The molecule has 3 aromatic carbocycles. The Labute approximate surface area is 201 Å². The number of carbonyl (C=O) groups is 3. The number of anilines is 1. The molecule has 0 aliphatic carbocycles. The van der Waals surface area contributed by atoms with Crippen LogP contribution in [0.25, 0.3) is 0 Å². The summed E-state index contributed by atoms with van der Waals surface area (Å²) in [7, 11) is 0. The maximum atomic E-state index is 13.3. The molecule has 1 aliphatic heterocycles. The minimum Gasteiger partial charge on any atom is -0.335 e. The Kier molecular flexibility index (Phi) is 6.93. The topological polar surface area (TPSA) is 69.7 Å². The van der Waals surface area contributed by atoms with Gasteiger partial charge >= 0.3 is 0 Å². The van der Waals surface area contributed by atoms with Gasteiger partial charge in [0.15, 0.2) is 0 Å². The molecule has 8 heteroatoms. The number of halogens is 2. The van der Waals surface area contributed by atoms with E-state index in [9.17, 15) is 18.8 Å². The summed E-state index contributed by atoms with van der Waals surface area (Å²) in [4.78, 5) is 41.7. The van der Waals surface area contributed by atoms with Crippen molar-refractivity contribution in [2.45, 2.75) is 6.92 Å². The third-order valence-corrected chi connectivity index (χ3v) is 6.10. The number of aryl methyl sites for hydroxylation is 1.